The van der Waals surface area contributed by atoms with Gasteiger partial charge in [0.15, 0.2) is 0 Å². The van der Waals surface area contributed by atoms with Crippen molar-refractivity contribution in [3.8, 4) is 0 Å². The first-order valence-electron chi connectivity index (χ1n) is 6.45. The number of rotatable bonds is 3. The van der Waals surface area contributed by atoms with Gasteiger partial charge < -0.3 is 5.73 Å². The van der Waals surface area contributed by atoms with Gasteiger partial charge in [0, 0.05) is 0 Å². The molecule has 0 aliphatic heterocycles. The van der Waals surface area contributed by atoms with E-state index in [2.05, 4.69) is 28.7 Å². The van der Waals surface area contributed by atoms with Crippen molar-refractivity contribution in [3.63, 3.8) is 0 Å². The molecule has 0 radical (unpaired) electrons. The summed E-state index contributed by atoms with van der Waals surface area (Å²) >= 11 is 0. The molecule has 3 N–H and O–H groups in total. The number of nitrogens with zero attached hydrogens (tertiary/aromatic N) is 1. The topological polar surface area (TPSA) is 67.5 Å². The summed E-state index contributed by atoms with van der Waals surface area (Å²) in [6, 6.07) is 5.83. The normalized spacial score (nSPS) is 15.1. The molecule has 0 fully saturated rings. The number of primary amides is 1. The third-order valence-corrected chi connectivity index (χ3v) is 3.32. The Balaban J connectivity index is 2.26. The molecule has 1 aromatic rings. The maximum Gasteiger partial charge on any atom is 0.332 e. The van der Waals surface area contributed by atoms with Crippen LogP contribution in [-0.4, -0.2) is 11.7 Å². The summed E-state index contributed by atoms with van der Waals surface area (Å²) in [6.45, 7) is 2.01. The molecule has 96 valence electrons. The number of hydrogen-bond acceptors (Lipinski definition) is 2. The van der Waals surface area contributed by atoms with Crippen molar-refractivity contribution < 1.29 is 4.79 Å². The van der Waals surface area contributed by atoms with Gasteiger partial charge in [-0.15, -0.1) is 0 Å². The van der Waals surface area contributed by atoms with Crippen LogP contribution in [0.3, 0.4) is 0 Å². The number of nitrogens with two attached hydrogens (primary N) is 1. The first-order valence-corrected chi connectivity index (χ1v) is 6.45. The van der Waals surface area contributed by atoms with Gasteiger partial charge in [0.1, 0.15) is 0 Å². The van der Waals surface area contributed by atoms with Crippen molar-refractivity contribution in [2.24, 2.45) is 10.8 Å². The Morgan fingerprint density at radius 2 is 2.06 bits per heavy atom. The lowest BCUT2D eigenvalue weighted by Gasteiger charge is -2.16. The Bertz CT molecular complexity index is 480. The molecule has 0 saturated heterocycles. The van der Waals surface area contributed by atoms with Crippen LogP contribution in [0.25, 0.3) is 0 Å². The molecule has 1 aliphatic rings. The van der Waals surface area contributed by atoms with Crippen molar-refractivity contribution in [1.29, 1.82) is 0 Å². The highest BCUT2D eigenvalue weighted by Crippen LogP contribution is 2.22. The van der Waals surface area contributed by atoms with Crippen molar-refractivity contribution in [1.82, 2.24) is 5.43 Å². The second kappa shape index (κ2) is 5.67. The summed E-state index contributed by atoms with van der Waals surface area (Å²) in [4.78, 5) is 10.7. The van der Waals surface area contributed by atoms with Gasteiger partial charge in [0.25, 0.3) is 0 Å². The fraction of sp³-hybridized carbons (Fsp3) is 0.429. The predicted octanol–water partition coefficient (Wildman–Crippen LogP) is 2.35. The van der Waals surface area contributed by atoms with Crippen molar-refractivity contribution in [2.45, 2.75) is 39.0 Å². The van der Waals surface area contributed by atoms with E-state index in [0.717, 1.165) is 24.1 Å². The molecule has 0 aromatic heterocycles. The lowest BCUT2D eigenvalue weighted by molar-refractivity contribution is 0.249. The van der Waals surface area contributed by atoms with Crippen LogP contribution in [0.1, 0.15) is 42.9 Å². The monoisotopic (exact) mass is 245 g/mol. The number of aryl methyl sites for hydroxylation is 2. The standard InChI is InChI=1S/C14H19N3O/c1-2-13(16-17-14(15)18)12-8-7-10-5-3-4-6-11(10)9-12/h7-9H,2-6H2,1H3,(H3,15,17,18)/b16-13+. The van der Waals surface area contributed by atoms with Gasteiger partial charge in [-0.05, 0) is 54.9 Å². The van der Waals surface area contributed by atoms with E-state index in [1.165, 1.54) is 30.4 Å². The summed E-state index contributed by atoms with van der Waals surface area (Å²) in [7, 11) is 0. The number of carbonyl (C=O) groups excluding carboxylic acids is 1. The molecule has 1 aromatic carbocycles. The summed E-state index contributed by atoms with van der Waals surface area (Å²) in [5.74, 6) is 0. The minimum absolute atomic E-state index is 0.626. The largest absolute Gasteiger partial charge is 0.350 e. The summed E-state index contributed by atoms with van der Waals surface area (Å²) in [5.41, 5.74) is 12.1. The zero-order valence-corrected chi connectivity index (χ0v) is 10.7. The molecule has 4 heteroatoms. The van der Waals surface area contributed by atoms with Gasteiger partial charge in [-0.3, -0.25) is 0 Å². The number of carbonyl (C=O) groups is 1. The number of amides is 2. The lowest BCUT2D eigenvalue weighted by atomic mass is 9.89. The van der Waals surface area contributed by atoms with Gasteiger partial charge in [0.05, 0.1) is 5.71 Å². The fourth-order valence-corrected chi connectivity index (χ4v) is 2.38. The Morgan fingerprint density at radius 3 is 2.72 bits per heavy atom. The van der Waals surface area contributed by atoms with Crippen LogP contribution in [0.5, 0.6) is 0 Å². The average molecular weight is 245 g/mol. The molecule has 0 bridgehead atoms. The molecule has 0 spiro atoms. The molecule has 2 rings (SSSR count). The van der Waals surface area contributed by atoms with Crippen molar-refractivity contribution in [3.05, 3.63) is 34.9 Å². The molecule has 1 aliphatic carbocycles. The van der Waals surface area contributed by atoms with E-state index >= 15 is 0 Å². The molecule has 18 heavy (non-hydrogen) atoms. The maximum absolute atomic E-state index is 10.7. The Morgan fingerprint density at radius 1 is 1.33 bits per heavy atom. The number of hydrazone groups is 1. The molecule has 0 unspecified atom stereocenters. The van der Waals surface area contributed by atoms with Crippen LogP contribution in [-0.2, 0) is 12.8 Å². The predicted molar refractivity (Wildman–Crippen MR) is 72.6 cm³/mol. The SMILES string of the molecule is CC/C(=N\NC(N)=O)c1ccc2c(c1)CCCC2. The molecule has 2 amide bonds. The number of urea groups is 1. The zero-order chi connectivity index (χ0) is 13.0. The number of fused-ring (bicyclic) bond motifs is 1. The highest BCUT2D eigenvalue weighted by molar-refractivity contribution is 6.01. The van der Waals surface area contributed by atoms with Gasteiger partial charge in [-0.2, -0.15) is 5.10 Å². The molecule has 0 saturated carbocycles. The van der Waals surface area contributed by atoms with Crippen LogP contribution in [0, 0.1) is 0 Å². The van der Waals surface area contributed by atoms with Crippen molar-refractivity contribution >= 4 is 11.7 Å². The molecular formula is C14H19N3O. The van der Waals surface area contributed by atoms with Crippen molar-refractivity contribution in [2.75, 3.05) is 0 Å². The second-order valence-corrected chi connectivity index (χ2v) is 4.58. The number of nitrogens with one attached hydrogen (secondary N) is 1. The molecule has 0 atom stereocenters. The summed E-state index contributed by atoms with van der Waals surface area (Å²) in [5, 5.41) is 4.05. The van der Waals surface area contributed by atoms with E-state index in [-0.39, 0.29) is 0 Å². The minimum Gasteiger partial charge on any atom is -0.350 e. The smallest absolute Gasteiger partial charge is 0.332 e. The van der Waals surface area contributed by atoms with Gasteiger partial charge in [-0.25, -0.2) is 10.2 Å². The van der Waals surface area contributed by atoms with Gasteiger partial charge in [0.2, 0.25) is 0 Å². The first-order chi connectivity index (χ1) is 8.70. The molecular weight excluding hydrogens is 226 g/mol. The molecule has 0 heterocycles. The van der Waals surface area contributed by atoms with Crippen LogP contribution in [0.15, 0.2) is 23.3 Å². The Hall–Kier alpha value is -1.84. The number of benzene rings is 1. The highest BCUT2D eigenvalue weighted by Gasteiger charge is 2.11. The molecule has 4 nitrogen and oxygen atoms in total. The summed E-state index contributed by atoms with van der Waals surface area (Å²) in [6.07, 6.45) is 5.62. The van der Waals surface area contributed by atoms with E-state index in [1.807, 2.05) is 6.92 Å². The van der Waals surface area contributed by atoms with E-state index in [4.69, 9.17) is 5.73 Å². The second-order valence-electron chi connectivity index (χ2n) is 4.58. The summed E-state index contributed by atoms with van der Waals surface area (Å²) < 4.78 is 0. The van der Waals surface area contributed by atoms with Gasteiger partial charge >= 0.3 is 6.03 Å². The first kappa shape index (κ1) is 12.6. The quantitative estimate of drug-likeness (QED) is 0.623. The Labute approximate surface area is 107 Å². The van der Waals surface area contributed by atoms with E-state index in [0.29, 0.717) is 0 Å². The van der Waals surface area contributed by atoms with Gasteiger partial charge in [-0.1, -0.05) is 19.1 Å². The van der Waals surface area contributed by atoms with E-state index < -0.39 is 6.03 Å². The van der Waals surface area contributed by atoms with E-state index in [1.54, 1.807) is 0 Å². The third kappa shape index (κ3) is 2.88. The van der Waals surface area contributed by atoms with Crippen LogP contribution in [0.2, 0.25) is 0 Å². The van der Waals surface area contributed by atoms with E-state index in [9.17, 15) is 4.79 Å². The zero-order valence-electron chi connectivity index (χ0n) is 10.7. The number of hydrogen-bond donors (Lipinski definition) is 2. The maximum atomic E-state index is 10.7. The lowest BCUT2D eigenvalue weighted by Crippen LogP contribution is -2.26. The highest BCUT2D eigenvalue weighted by atomic mass is 16.2. The third-order valence-electron chi connectivity index (χ3n) is 3.32. The van der Waals surface area contributed by atoms with Crippen LogP contribution in [0.4, 0.5) is 4.79 Å². The average Bonchev–Trinajstić information content (AvgIpc) is 2.39. The Kier molecular flexibility index (Phi) is 3.97. The van der Waals surface area contributed by atoms with Crippen LogP contribution >= 0.6 is 0 Å². The van der Waals surface area contributed by atoms with Crippen LogP contribution < -0.4 is 11.2 Å². The fourth-order valence-electron chi connectivity index (χ4n) is 2.38. The minimum atomic E-state index is -0.626.